The molecule has 5 nitrogen and oxygen atoms in total. The van der Waals surface area contributed by atoms with Gasteiger partial charge >= 0.3 is 6.09 Å². The lowest BCUT2D eigenvalue weighted by Gasteiger charge is -2.26. The Morgan fingerprint density at radius 1 is 1.21 bits per heavy atom. The predicted octanol–water partition coefficient (Wildman–Crippen LogP) is 4.19. The van der Waals surface area contributed by atoms with Gasteiger partial charge in [-0.3, -0.25) is 4.79 Å². The number of halogens is 3. The Morgan fingerprint density at radius 3 is 2.62 bits per heavy atom. The molecule has 1 aliphatic heterocycles. The third-order valence-corrected chi connectivity index (χ3v) is 5.12. The minimum absolute atomic E-state index is 0.0230. The zero-order chi connectivity index (χ0) is 21.0. The first-order chi connectivity index (χ1) is 13.8. The number of rotatable bonds is 5. The molecule has 0 aliphatic carbocycles. The minimum atomic E-state index is -2.20. The Labute approximate surface area is 172 Å². The van der Waals surface area contributed by atoms with E-state index in [4.69, 9.17) is 16.3 Å². The molecule has 154 valence electrons. The Hall–Kier alpha value is -2.67. The van der Waals surface area contributed by atoms with E-state index in [1.807, 2.05) is 30.3 Å². The van der Waals surface area contributed by atoms with E-state index >= 15 is 4.39 Å². The number of carbonyl (C=O) groups excluding carboxylic acids is 2. The Kier molecular flexibility index (Phi) is 6.37. The van der Waals surface area contributed by atoms with Crippen LogP contribution in [0.2, 0.25) is 5.02 Å². The summed E-state index contributed by atoms with van der Waals surface area (Å²) in [6, 6.07) is 13.3. The van der Waals surface area contributed by atoms with E-state index in [0.29, 0.717) is 5.56 Å². The van der Waals surface area contributed by atoms with Crippen LogP contribution in [-0.2, 0) is 22.7 Å². The lowest BCUT2D eigenvalue weighted by atomic mass is 10.0. The maximum absolute atomic E-state index is 15.2. The summed E-state index contributed by atoms with van der Waals surface area (Å²) in [5.74, 6) is -1.36. The second-order valence-electron chi connectivity index (χ2n) is 7.09. The van der Waals surface area contributed by atoms with Crippen molar-refractivity contribution in [2.24, 2.45) is 0 Å². The van der Waals surface area contributed by atoms with E-state index in [-0.39, 0.29) is 37.7 Å². The third-order valence-electron chi connectivity index (χ3n) is 4.82. The topological polar surface area (TPSA) is 49.9 Å². The van der Waals surface area contributed by atoms with Crippen LogP contribution >= 0.6 is 11.6 Å². The number of hydrogen-bond acceptors (Lipinski definition) is 3. The number of carbonyl (C=O) groups is 2. The largest absolute Gasteiger partial charge is 0.445 e. The first-order valence-electron chi connectivity index (χ1n) is 9.12. The van der Waals surface area contributed by atoms with Crippen LogP contribution in [0, 0.1) is 5.82 Å². The van der Waals surface area contributed by atoms with Gasteiger partial charge in [0.1, 0.15) is 12.4 Å². The van der Waals surface area contributed by atoms with Gasteiger partial charge in [-0.15, -0.1) is 0 Å². The molecule has 0 aromatic heterocycles. The van der Waals surface area contributed by atoms with Crippen LogP contribution in [0.4, 0.5) is 13.6 Å². The quantitative estimate of drug-likeness (QED) is 0.726. The summed E-state index contributed by atoms with van der Waals surface area (Å²) in [5, 5.41) is -0.0230. The maximum atomic E-state index is 15.2. The van der Waals surface area contributed by atoms with Crippen LogP contribution in [0.5, 0.6) is 0 Å². The summed E-state index contributed by atoms with van der Waals surface area (Å²) < 4.78 is 34.0. The smallest absolute Gasteiger partial charge is 0.410 e. The number of nitrogens with zero attached hydrogens (tertiary/aromatic N) is 2. The second-order valence-corrected chi connectivity index (χ2v) is 7.49. The van der Waals surface area contributed by atoms with Crippen molar-refractivity contribution in [1.29, 1.82) is 0 Å². The van der Waals surface area contributed by atoms with Crippen molar-refractivity contribution in [1.82, 2.24) is 9.80 Å². The molecule has 0 saturated carbocycles. The lowest BCUT2D eigenvalue weighted by Crippen LogP contribution is -2.46. The fourth-order valence-electron chi connectivity index (χ4n) is 3.24. The van der Waals surface area contributed by atoms with Gasteiger partial charge in [-0.2, -0.15) is 0 Å². The standard InChI is InChI=1S/C21H21ClF2N2O3/c1-25(12-16-7-8-17(22)18(23)11-16)19(27)21(24)9-10-26(14-21)20(28)29-13-15-5-3-2-4-6-15/h2-8,11H,9-10,12-14H2,1H3. The fourth-order valence-corrected chi connectivity index (χ4v) is 3.36. The van der Waals surface area contributed by atoms with Gasteiger partial charge < -0.3 is 14.5 Å². The van der Waals surface area contributed by atoms with Crippen LogP contribution in [0.1, 0.15) is 17.5 Å². The van der Waals surface area contributed by atoms with Crippen molar-refractivity contribution in [3.05, 3.63) is 70.5 Å². The monoisotopic (exact) mass is 422 g/mol. The van der Waals surface area contributed by atoms with Crippen molar-refractivity contribution >= 4 is 23.6 Å². The first kappa shape index (κ1) is 21.0. The molecule has 29 heavy (non-hydrogen) atoms. The minimum Gasteiger partial charge on any atom is -0.445 e. The molecule has 0 N–H and O–H groups in total. The highest BCUT2D eigenvalue weighted by molar-refractivity contribution is 6.30. The van der Waals surface area contributed by atoms with Gasteiger partial charge in [-0.25, -0.2) is 13.6 Å². The van der Waals surface area contributed by atoms with E-state index < -0.39 is 23.5 Å². The first-order valence-corrected chi connectivity index (χ1v) is 9.50. The molecule has 3 rings (SSSR count). The average molecular weight is 423 g/mol. The molecular weight excluding hydrogens is 402 g/mol. The lowest BCUT2D eigenvalue weighted by molar-refractivity contribution is -0.142. The molecule has 1 fully saturated rings. The van der Waals surface area contributed by atoms with Crippen molar-refractivity contribution < 1.29 is 23.1 Å². The zero-order valence-electron chi connectivity index (χ0n) is 15.9. The molecule has 1 unspecified atom stereocenters. The molecule has 2 aromatic rings. The molecule has 1 atom stereocenters. The number of benzene rings is 2. The Balaban J connectivity index is 1.56. The SMILES string of the molecule is CN(Cc1ccc(Cl)c(F)c1)C(=O)C1(F)CCN(C(=O)OCc2ccccc2)C1. The molecule has 1 aliphatic rings. The molecule has 0 spiro atoms. The fraction of sp³-hybridized carbons (Fsp3) is 0.333. The van der Waals surface area contributed by atoms with E-state index in [1.165, 1.54) is 29.0 Å². The normalized spacial score (nSPS) is 18.6. The number of alkyl halides is 1. The highest BCUT2D eigenvalue weighted by atomic mass is 35.5. The third kappa shape index (κ3) is 5.03. The molecule has 1 saturated heterocycles. The number of hydrogen-bond donors (Lipinski definition) is 0. The molecular formula is C21H21ClF2N2O3. The van der Waals surface area contributed by atoms with Crippen LogP contribution in [0.3, 0.4) is 0 Å². The van der Waals surface area contributed by atoms with Crippen molar-refractivity contribution in [2.75, 3.05) is 20.1 Å². The highest BCUT2D eigenvalue weighted by Gasteiger charge is 2.48. The van der Waals surface area contributed by atoms with Crippen molar-refractivity contribution in [3.8, 4) is 0 Å². The highest BCUT2D eigenvalue weighted by Crippen LogP contribution is 2.29. The van der Waals surface area contributed by atoms with E-state index in [0.717, 1.165) is 5.56 Å². The Bertz CT molecular complexity index is 897. The molecule has 2 aromatic carbocycles. The van der Waals surface area contributed by atoms with Crippen molar-refractivity contribution in [3.63, 3.8) is 0 Å². The molecule has 0 bridgehead atoms. The number of ether oxygens (including phenoxy) is 1. The maximum Gasteiger partial charge on any atom is 0.410 e. The molecule has 8 heteroatoms. The van der Waals surface area contributed by atoms with Gasteiger partial charge in [0.2, 0.25) is 5.67 Å². The van der Waals surface area contributed by atoms with Crippen LogP contribution in [0.25, 0.3) is 0 Å². The summed E-state index contributed by atoms with van der Waals surface area (Å²) in [6.07, 6.45) is -0.783. The summed E-state index contributed by atoms with van der Waals surface area (Å²) >= 11 is 5.65. The average Bonchev–Trinajstić information content (AvgIpc) is 3.12. The van der Waals surface area contributed by atoms with E-state index in [2.05, 4.69) is 0 Å². The van der Waals surface area contributed by atoms with Gasteiger partial charge in [0.25, 0.3) is 5.91 Å². The second kappa shape index (κ2) is 8.78. The molecule has 2 amide bonds. The van der Waals surface area contributed by atoms with Gasteiger partial charge in [0, 0.05) is 26.6 Å². The van der Waals surface area contributed by atoms with Gasteiger partial charge in [0.15, 0.2) is 0 Å². The van der Waals surface area contributed by atoms with Crippen molar-refractivity contribution in [2.45, 2.75) is 25.2 Å². The van der Waals surface area contributed by atoms with E-state index in [9.17, 15) is 14.0 Å². The summed E-state index contributed by atoms with van der Waals surface area (Å²) in [6.45, 7) is -0.194. The van der Waals surface area contributed by atoms with E-state index in [1.54, 1.807) is 6.07 Å². The zero-order valence-corrected chi connectivity index (χ0v) is 16.7. The molecule has 0 radical (unpaired) electrons. The summed E-state index contributed by atoms with van der Waals surface area (Å²) in [7, 11) is 1.44. The summed E-state index contributed by atoms with van der Waals surface area (Å²) in [5.41, 5.74) is -0.896. The number of likely N-dealkylation sites (tertiary alicyclic amines) is 1. The van der Waals surface area contributed by atoms with Crippen LogP contribution in [0.15, 0.2) is 48.5 Å². The van der Waals surface area contributed by atoms with Gasteiger partial charge in [-0.1, -0.05) is 48.0 Å². The molecule has 1 heterocycles. The van der Waals surface area contributed by atoms with Crippen LogP contribution in [-0.4, -0.2) is 47.6 Å². The predicted molar refractivity (Wildman–Crippen MR) is 105 cm³/mol. The van der Waals surface area contributed by atoms with Crippen LogP contribution < -0.4 is 0 Å². The van der Waals surface area contributed by atoms with Gasteiger partial charge in [-0.05, 0) is 23.3 Å². The number of amides is 2. The summed E-state index contributed by atoms with van der Waals surface area (Å²) in [4.78, 5) is 27.2. The van der Waals surface area contributed by atoms with Gasteiger partial charge in [0.05, 0.1) is 11.6 Å². The Morgan fingerprint density at radius 2 is 1.93 bits per heavy atom.